The Morgan fingerprint density at radius 2 is 1.87 bits per heavy atom. The second-order valence-corrected chi connectivity index (χ2v) is 2.91. The third-order valence-corrected chi connectivity index (χ3v) is 1.73. The van der Waals surface area contributed by atoms with Gasteiger partial charge >= 0.3 is 6.18 Å². The molecular formula is C8H7F5N2. The van der Waals surface area contributed by atoms with Crippen LogP contribution in [0.5, 0.6) is 0 Å². The van der Waals surface area contributed by atoms with Gasteiger partial charge in [-0.1, -0.05) is 0 Å². The van der Waals surface area contributed by atoms with Gasteiger partial charge in [0.15, 0.2) is 0 Å². The minimum absolute atomic E-state index is 0.146. The zero-order chi connectivity index (χ0) is 11.8. The first-order chi connectivity index (χ1) is 6.73. The van der Waals surface area contributed by atoms with Gasteiger partial charge in [0, 0.05) is 5.69 Å². The molecule has 0 aliphatic rings. The highest BCUT2D eigenvalue weighted by Gasteiger charge is 2.35. The molecule has 2 N–H and O–H groups in total. The van der Waals surface area contributed by atoms with Crippen molar-refractivity contribution in [2.24, 2.45) is 0 Å². The van der Waals surface area contributed by atoms with Gasteiger partial charge in [-0.05, 0) is 13.0 Å². The summed E-state index contributed by atoms with van der Waals surface area (Å²) in [6.07, 6.45) is -7.87. The highest BCUT2D eigenvalue weighted by atomic mass is 19.4. The van der Waals surface area contributed by atoms with Gasteiger partial charge < -0.3 is 5.73 Å². The van der Waals surface area contributed by atoms with Crippen molar-refractivity contribution in [2.45, 2.75) is 19.5 Å². The molecule has 2 nitrogen and oxygen atoms in total. The van der Waals surface area contributed by atoms with Crippen LogP contribution in [0.2, 0.25) is 0 Å². The van der Waals surface area contributed by atoms with Crippen LogP contribution in [0.4, 0.5) is 27.6 Å². The van der Waals surface area contributed by atoms with Crippen molar-refractivity contribution in [2.75, 3.05) is 5.73 Å². The Bertz CT molecular complexity index is 372. The molecule has 1 heterocycles. The summed E-state index contributed by atoms with van der Waals surface area (Å²) < 4.78 is 61.5. The molecule has 0 spiro atoms. The third-order valence-electron chi connectivity index (χ3n) is 1.73. The SMILES string of the molecule is Cc1cc(C(F)(F)F)c(N)c(C(F)F)n1. The molecule has 0 radical (unpaired) electrons. The Morgan fingerprint density at radius 1 is 1.33 bits per heavy atom. The van der Waals surface area contributed by atoms with Gasteiger partial charge in [-0.2, -0.15) is 13.2 Å². The minimum atomic E-state index is -4.75. The van der Waals surface area contributed by atoms with Crippen LogP contribution in [0, 0.1) is 6.92 Å². The first-order valence-electron chi connectivity index (χ1n) is 3.86. The van der Waals surface area contributed by atoms with Crippen molar-refractivity contribution in [1.29, 1.82) is 0 Å². The van der Waals surface area contributed by atoms with E-state index < -0.39 is 29.5 Å². The predicted molar refractivity (Wildman–Crippen MR) is 43.3 cm³/mol. The summed E-state index contributed by atoms with van der Waals surface area (Å²) in [6, 6.07) is 0.640. The molecule has 0 unspecified atom stereocenters. The molecule has 0 atom stereocenters. The largest absolute Gasteiger partial charge is 0.418 e. The molecule has 15 heavy (non-hydrogen) atoms. The number of nitrogens with zero attached hydrogens (tertiary/aromatic N) is 1. The molecule has 1 rings (SSSR count). The van der Waals surface area contributed by atoms with E-state index in [4.69, 9.17) is 5.73 Å². The number of hydrogen-bond acceptors (Lipinski definition) is 2. The van der Waals surface area contributed by atoms with Crippen molar-refractivity contribution >= 4 is 5.69 Å². The molecule has 0 saturated carbocycles. The minimum Gasteiger partial charge on any atom is -0.397 e. The number of nitrogens with two attached hydrogens (primary N) is 1. The highest BCUT2D eigenvalue weighted by Crippen LogP contribution is 2.37. The number of aryl methyl sites for hydroxylation is 1. The maximum atomic E-state index is 12.3. The summed E-state index contributed by atoms with van der Waals surface area (Å²) in [7, 11) is 0. The average molecular weight is 226 g/mol. The maximum Gasteiger partial charge on any atom is 0.418 e. The van der Waals surface area contributed by atoms with Crippen LogP contribution in [0.25, 0.3) is 0 Å². The molecule has 0 aliphatic carbocycles. The second kappa shape index (κ2) is 3.63. The van der Waals surface area contributed by atoms with Crippen molar-refractivity contribution in [1.82, 2.24) is 4.98 Å². The lowest BCUT2D eigenvalue weighted by Gasteiger charge is -2.13. The molecule has 7 heteroatoms. The van der Waals surface area contributed by atoms with E-state index in [1.165, 1.54) is 6.92 Å². The second-order valence-electron chi connectivity index (χ2n) is 2.91. The summed E-state index contributed by atoms with van der Waals surface area (Å²) in [5.41, 5.74) is 1.52. The van der Waals surface area contributed by atoms with Crippen LogP contribution in [0.3, 0.4) is 0 Å². The van der Waals surface area contributed by atoms with E-state index in [0.717, 1.165) is 0 Å². The Morgan fingerprint density at radius 3 is 2.27 bits per heavy atom. The van der Waals surface area contributed by atoms with Gasteiger partial charge in [-0.25, -0.2) is 13.8 Å². The molecule has 1 aromatic rings. The molecule has 1 aromatic heterocycles. The van der Waals surface area contributed by atoms with Crippen LogP contribution in [-0.2, 0) is 6.18 Å². The van der Waals surface area contributed by atoms with Crippen molar-refractivity contribution in [3.05, 3.63) is 23.0 Å². The Labute approximate surface area is 81.9 Å². The normalized spacial score (nSPS) is 12.2. The van der Waals surface area contributed by atoms with Crippen LogP contribution >= 0.6 is 0 Å². The lowest BCUT2D eigenvalue weighted by atomic mass is 10.1. The number of halogens is 5. The zero-order valence-corrected chi connectivity index (χ0v) is 7.57. The first kappa shape index (κ1) is 11.7. The molecule has 84 valence electrons. The lowest BCUT2D eigenvalue weighted by Crippen LogP contribution is -2.13. The fraction of sp³-hybridized carbons (Fsp3) is 0.375. The number of pyridine rings is 1. The lowest BCUT2D eigenvalue weighted by molar-refractivity contribution is -0.137. The number of alkyl halides is 5. The number of anilines is 1. The standard InChI is InChI=1S/C8H7F5N2/c1-3-2-4(8(11,12)13)5(14)6(15-3)7(9)10/h2,7H,14H2,1H3. The third kappa shape index (κ3) is 2.34. The van der Waals surface area contributed by atoms with Gasteiger partial charge in [0.05, 0.1) is 11.3 Å². The Kier molecular flexibility index (Phi) is 2.83. The van der Waals surface area contributed by atoms with Gasteiger partial charge in [-0.3, -0.25) is 0 Å². The van der Waals surface area contributed by atoms with Crippen molar-refractivity contribution in [3.8, 4) is 0 Å². The summed E-state index contributed by atoms with van der Waals surface area (Å²) in [6.45, 7) is 1.20. The van der Waals surface area contributed by atoms with Crippen LogP contribution in [0.1, 0.15) is 23.4 Å². The summed E-state index contributed by atoms with van der Waals surface area (Å²) in [5, 5.41) is 0. The van der Waals surface area contributed by atoms with Gasteiger partial charge in [0.2, 0.25) is 0 Å². The molecule has 0 fully saturated rings. The summed E-state index contributed by atoms with van der Waals surface area (Å²) >= 11 is 0. The van der Waals surface area contributed by atoms with Gasteiger partial charge in [-0.15, -0.1) is 0 Å². The molecule has 0 aliphatic heterocycles. The van der Waals surface area contributed by atoms with Crippen LogP contribution < -0.4 is 5.73 Å². The van der Waals surface area contributed by atoms with E-state index in [1.54, 1.807) is 0 Å². The number of hydrogen-bond donors (Lipinski definition) is 1. The fourth-order valence-corrected chi connectivity index (χ4v) is 1.11. The van der Waals surface area contributed by atoms with Crippen LogP contribution in [-0.4, -0.2) is 4.98 Å². The average Bonchev–Trinajstić information content (AvgIpc) is 2.06. The monoisotopic (exact) mass is 226 g/mol. The fourth-order valence-electron chi connectivity index (χ4n) is 1.11. The van der Waals surface area contributed by atoms with Gasteiger partial charge in [0.25, 0.3) is 6.43 Å². The topological polar surface area (TPSA) is 38.9 Å². The van der Waals surface area contributed by atoms with E-state index in [2.05, 4.69) is 4.98 Å². The van der Waals surface area contributed by atoms with E-state index in [0.29, 0.717) is 6.07 Å². The summed E-state index contributed by atoms with van der Waals surface area (Å²) in [5.74, 6) is 0. The highest BCUT2D eigenvalue weighted by molar-refractivity contribution is 5.53. The predicted octanol–water partition coefficient (Wildman–Crippen LogP) is 2.93. The molecular weight excluding hydrogens is 219 g/mol. The summed E-state index contributed by atoms with van der Waals surface area (Å²) in [4.78, 5) is 3.27. The number of nitrogen functional groups attached to an aromatic ring is 1. The molecule has 0 saturated heterocycles. The maximum absolute atomic E-state index is 12.3. The zero-order valence-electron chi connectivity index (χ0n) is 7.57. The Balaban J connectivity index is 3.42. The smallest absolute Gasteiger partial charge is 0.397 e. The molecule has 0 aromatic carbocycles. The van der Waals surface area contributed by atoms with E-state index in [9.17, 15) is 22.0 Å². The molecule has 0 bridgehead atoms. The van der Waals surface area contributed by atoms with Crippen molar-refractivity contribution in [3.63, 3.8) is 0 Å². The van der Waals surface area contributed by atoms with Gasteiger partial charge in [0.1, 0.15) is 5.69 Å². The van der Waals surface area contributed by atoms with Crippen molar-refractivity contribution < 1.29 is 22.0 Å². The Hall–Kier alpha value is -1.40. The number of aromatic nitrogens is 1. The van der Waals surface area contributed by atoms with E-state index >= 15 is 0 Å². The quantitative estimate of drug-likeness (QED) is 0.747. The first-order valence-corrected chi connectivity index (χ1v) is 3.86. The van der Waals surface area contributed by atoms with Crippen LogP contribution in [0.15, 0.2) is 6.07 Å². The molecule has 0 amide bonds. The van der Waals surface area contributed by atoms with E-state index in [-0.39, 0.29) is 5.69 Å². The van der Waals surface area contributed by atoms with E-state index in [1.807, 2.05) is 0 Å². The number of rotatable bonds is 1.